The van der Waals surface area contributed by atoms with E-state index in [1.165, 1.54) is 0 Å². The van der Waals surface area contributed by atoms with Gasteiger partial charge in [0.25, 0.3) is 0 Å². The molecule has 0 radical (unpaired) electrons. The Labute approximate surface area is 117 Å². The van der Waals surface area contributed by atoms with E-state index in [9.17, 15) is 9.90 Å². The van der Waals surface area contributed by atoms with Crippen LogP contribution in [0.2, 0.25) is 0 Å². The van der Waals surface area contributed by atoms with E-state index >= 15 is 0 Å². The highest BCUT2D eigenvalue weighted by atomic mass is 16.3. The predicted molar refractivity (Wildman–Crippen MR) is 76.2 cm³/mol. The minimum Gasteiger partial charge on any atom is -0.389 e. The fourth-order valence-corrected chi connectivity index (χ4v) is 1.82. The number of rotatable bonds is 4. The van der Waals surface area contributed by atoms with Crippen molar-refractivity contribution in [1.29, 1.82) is 0 Å². The number of benzene rings is 1. The summed E-state index contributed by atoms with van der Waals surface area (Å²) in [4.78, 5) is 18.9. The van der Waals surface area contributed by atoms with Gasteiger partial charge in [0.05, 0.1) is 12.1 Å². The van der Waals surface area contributed by atoms with Crippen LogP contribution in [0.3, 0.4) is 0 Å². The van der Waals surface area contributed by atoms with Crippen LogP contribution in [-0.2, 0) is 0 Å². The van der Waals surface area contributed by atoms with E-state index < -0.39 is 6.10 Å². The molecule has 0 aliphatic rings. The lowest BCUT2D eigenvalue weighted by Gasteiger charge is -2.13. The lowest BCUT2D eigenvalue weighted by atomic mass is 10.1. The van der Waals surface area contributed by atoms with Crippen LogP contribution in [0.15, 0.2) is 36.7 Å². The number of hydrogen-bond acceptors (Lipinski definition) is 3. The second-order valence-corrected chi connectivity index (χ2v) is 4.60. The molecule has 2 unspecified atom stereocenters. The molecule has 2 aromatic rings. The van der Waals surface area contributed by atoms with Crippen molar-refractivity contribution in [2.24, 2.45) is 0 Å². The number of carbonyl (C=O) groups excluding carboxylic acids is 1. The van der Waals surface area contributed by atoms with Crippen molar-refractivity contribution >= 4 is 11.7 Å². The smallest absolute Gasteiger partial charge is 0.319 e. The van der Waals surface area contributed by atoms with Gasteiger partial charge in [-0.25, -0.2) is 9.78 Å². The summed E-state index contributed by atoms with van der Waals surface area (Å²) in [6.07, 6.45) is 2.77. The van der Waals surface area contributed by atoms with Crippen molar-refractivity contribution < 1.29 is 9.90 Å². The molecular weight excluding hydrogens is 256 g/mol. The van der Waals surface area contributed by atoms with Gasteiger partial charge in [-0.3, -0.25) is 0 Å². The lowest BCUT2D eigenvalue weighted by molar-refractivity contribution is 0.199. The molecule has 6 nitrogen and oxygen atoms in total. The maximum atomic E-state index is 11.9. The number of aliphatic hydroxyl groups is 1. The molecule has 0 aliphatic heterocycles. The molecule has 6 heteroatoms. The predicted octanol–water partition coefficient (Wildman–Crippen LogP) is 2.35. The highest BCUT2D eigenvalue weighted by Gasteiger charge is 2.11. The summed E-state index contributed by atoms with van der Waals surface area (Å²) < 4.78 is 0. The Kier molecular flexibility index (Phi) is 4.37. The van der Waals surface area contributed by atoms with Gasteiger partial charge in [-0.05, 0) is 31.5 Å². The number of aromatic amines is 1. The highest BCUT2D eigenvalue weighted by molar-refractivity contribution is 5.89. The minimum atomic E-state index is -0.568. The fraction of sp³-hybridized carbons (Fsp3) is 0.286. The Morgan fingerprint density at radius 2 is 2.20 bits per heavy atom. The lowest BCUT2D eigenvalue weighted by Crippen LogP contribution is -2.31. The first kappa shape index (κ1) is 14.1. The van der Waals surface area contributed by atoms with Crippen LogP contribution < -0.4 is 10.6 Å². The summed E-state index contributed by atoms with van der Waals surface area (Å²) in [7, 11) is 0. The van der Waals surface area contributed by atoms with E-state index in [0.29, 0.717) is 11.5 Å². The summed E-state index contributed by atoms with van der Waals surface area (Å²) >= 11 is 0. The number of amides is 2. The molecule has 1 aromatic carbocycles. The molecule has 1 aromatic heterocycles. The number of carbonyl (C=O) groups is 1. The maximum Gasteiger partial charge on any atom is 0.319 e. The largest absolute Gasteiger partial charge is 0.389 e. The quantitative estimate of drug-likeness (QED) is 0.690. The van der Waals surface area contributed by atoms with Gasteiger partial charge in [0.1, 0.15) is 5.82 Å². The van der Waals surface area contributed by atoms with E-state index in [4.69, 9.17) is 0 Å². The van der Waals surface area contributed by atoms with Crippen LogP contribution >= 0.6 is 0 Å². The number of anilines is 1. The molecule has 0 spiro atoms. The van der Waals surface area contributed by atoms with Gasteiger partial charge in [0.15, 0.2) is 0 Å². The van der Waals surface area contributed by atoms with Crippen LogP contribution in [-0.4, -0.2) is 21.1 Å². The summed E-state index contributed by atoms with van der Waals surface area (Å²) in [6.45, 7) is 3.52. The molecule has 2 rings (SSSR count). The fourth-order valence-electron chi connectivity index (χ4n) is 1.82. The van der Waals surface area contributed by atoms with Gasteiger partial charge in [0, 0.05) is 18.1 Å². The molecule has 4 N–H and O–H groups in total. The van der Waals surface area contributed by atoms with Crippen molar-refractivity contribution in [3.8, 4) is 0 Å². The molecule has 106 valence electrons. The number of aliphatic hydroxyl groups excluding tert-OH is 1. The molecule has 2 atom stereocenters. The van der Waals surface area contributed by atoms with Gasteiger partial charge in [0.2, 0.25) is 0 Å². The maximum absolute atomic E-state index is 11.9. The van der Waals surface area contributed by atoms with Crippen LogP contribution in [0.5, 0.6) is 0 Å². The average molecular weight is 274 g/mol. The first-order valence-corrected chi connectivity index (χ1v) is 6.41. The zero-order chi connectivity index (χ0) is 14.5. The summed E-state index contributed by atoms with van der Waals surface area (Å²) in [6, 6.07) is 6.55. The zero-order valence-electron chi connectivity index (χ0n) is 11.4. The molecule has 0 bridgehead atoms. The Morgan fingerprint density at radius 1 is 1.40 bits per heavy atom. The number of nitrogens with one attached hydrogen (secondary N) is 3. The molecular formula is C14H18N4O2. The number of hydrogen-bond donors (Lipinski definition) is 4. The number of H-pyrrole nitrogens is 1. The third kappa shape index (κ3) is 3.58. The summed E-state index contributed by atoms with van der Waals surface area (Å²) in [5.74, 6) is 0.692. The Bertz CT molecular complexity index is 566. The van der Waals surface area contributed by atoms with Crippen LogP contribution in [0.1, 0.15) is 37.4 Å². The van der Waals surface area contributed by atoms with Crippen LogP contribution in [0.4, 0.5) is 10.5 Å². The van der Waals surface area contributed by atoms with E-state index in [1.807, 2.05) is 6.92 Å². The third-order valence-corrected chi connectivity index (χ3v) is 2.90. The van der Waals surface area contributed by atoms with Crippen LogP contribution in [0.25, 0.3) is 0 Å². The second-order valence-electron chi connectivity index (χ2n) is 4.60. The zero-order valence-corrected chi connectivity index (χ0v) is 11.4. The first-order valence-electron chi connectivity index (χ1n) is 6.41. The number of urea groups is 1. The van der Waals surface area contributed by atoms with Crippen molar-refractivity contribution in [2.45, 2.75) is 26.0 Å². The molecule has 20 heavy (non-hydrogen) atoms. The van der Waals surface area contributed by atoms with Crippen molar-refractivity contribution in [3.05, 3.63) is 48.0 Å². The monoisotopic (exact) mass is 274 g/mol. The first-order chi connectivity index (χ1) is 9.56. The van der Waals surface area contributed by atoms with Crippen LogP contribution in [0, 0.1) is 0 Å². The Hall–Kier alpha value is -2.34. The third-order valence-electron chi connectivity index (χ3n) is 2.90. The van der Waals surface area contributed by atoms with Crippen molar-refractivity contribution in [1.82, 2.24) is 15.3 Å². The van der Waals surface area contributed by atoms with E-state index in [0.717, 1.165) is 5.56 Å². The SMILES string of the molecule is CC(O)c1cccc(NC(=O)NC(C)c2ncc[nH]2)c1. The van der Waals surface area contributed by atoms with Gasteiger partial charge in [-0.15, -0.1) is 0 Å². The summed E-state index contributed by atoms with van der Waals surface area (Å²) in [5, 5.41) is 15.0. The summed E-state index contributed by atoms with van der Waals surface area (Å²) in [5.41, 5.74) is 1.38. The van der Waals surface area contributed by atoms with Crippen molar-refractivity contribution in [2.75, 3.05) is 5.32 Å². The molecule has 0 saturated heterocycles. The highest BCUT2D eigenvalue weighted by Crippen LogP contribution is 2.17. The minimum absolute atomic E-state index is 0.218. The van der Waals surface area contributed by atoms with Gasteiger partial charge in [-0.2, -0.15) is 0 Å². The van der Waals surface area contributed by atoms with Gasteiger partial charge in [-0.1, -0.05) is 12.1 Å². The Balaban J connectivity index is 1.96. The van der Waals surface area contributed by atoms with Crippen molar-refractivity contribution in [3.63, 3.8) is 0 Å². The van der Waals surface area contributed by atoms with E-state index in [-0.39, 0.29) is 12.1 Å². The molecule has 0 fully saturated rings. The van der Waals surface area contributed by atoms with E-state index in [2.05, 4.69) is 20.6 Å². The number of imidazole rings is 1. The molecule has 1 heterocycles. The van der Waals surface area contributed by atoms with E-state index in [1.54, 1.807) is 43.6 Å². The number of nitrogens with zero attached hydrogens (tertiary/aromatic N) is 1. The normalized spacial score (nSPS) is 13.6. The van der Waals surface area contributed by atoms with Gasteiger partial charge >= 0.3 is 6.03 Å². The molecule has 2 amide bonds. The molecule has 0 aliphatic carbocycles. The average Bonchev–Trinajstić information content (AvgIpc) is 2.92. The Morgan fingerprint density at radius 3 is 2.85 bits per heavy atom. The van der Waals surface area contributed by atoms with Gasteiger partial charge < -0.3 is 20.7 Å². The topological polar surface area (TPSA) is 90.0 Å². The molecule has 0 saturated carbocycles. The standard InChI is InChI=1S/C14H18N4O2/c1-9(13-15-6-7-16-13)17-14(20)18-12-5-3-4-11(8-12)10(2)19/h3-10,19H,1-2H3,(H,15,16)(H2,17,18,20). The second kappa shape index (κ2) is 6.21. The number of aromatic nitrogens is 2.